The maximum atomic E-state index is 5.39. The molecule has 1 heterocycles. The van der Waals surface area contributed by atoms with Crippen molar-refractivity contribution in [2.75, 3.05) is 45.2 Å². The normalized spacial score (nSPS) is 11.7. The van der Waals surface area contributed by atoms with Gasteiger partial charge in [-0.2, -0.15) is 15.0 Å². The number of rotatable bonds is 83. The van der Waals surface area contributed by atoms with E-state index in [4.69, 9.17) is 15.0 Å². The summed E-state index contributed by atoms with van der Waals surface area (Å²) < 4.78 is 0. The molecule has 4 aromatic rings. The van der Waals surface area contributed by atoms with Gasteiger partial charge in [0, 0.05) is 46.3 Å². The Morgan fingerprint density at radius 1 is 0.227 bits per heavy atom. The molecule has 1 aromatic heterocycles. The number of anilines is 4. The highest BCUT2D eigenvalue weighted by Crippen LogP contribution is 2.45. The predicted molar refractivity (Wildman–Crippen MR) is 507 cm³/mol. The van der Waals surface area contributed by atoms with Crippen molar-refractivity contribution in [3.05, 3.63) is 54.6 Å². The molecule has 0 aliphatic heterocycles. The van der Waals surface area contributed by atoms with E-state index in [1.807, 2.05) is 12.1 Å². The molecule has 0 saturated heterocycles. The number of benzene rings is 3. The van der Waals surface area contributed by atoms with Crippen molar-refractivity contribution >= 4 is 93.8 Å². The smallest absolute Gasteiger partial charge is 0.232 e. The van der Waals surface area contributed by atoms with Gasteiger partial charge < -0.3 is 10.6 Å². The lowest BCUT2D eigenvalue weighted by Gasteiger charge is -2.19. The maximum Gasteiger partial charge on any atom is 0.232 e. The lowest BCUT2D eigenvalue weighted by Crippen LogP contribution is -2.06. The zero-order valence-corrected chi connectivity index (χ0v) is 77.7. The minimum absolute atomic E-state index is 0.589. The fourth-order valence-electron chi connectivity index (χ4n) is 15.1. The van der Waals surface area contributed by atoms with E-state index in [0.29, 0.717) is 17.7 Å². The van der Waals surface area contributed by atoms with Crippen molar-refractivity contribution in [1.82, 2.24) is 15.0 Å². The molecule has 0 amide bonds. The highest BCUT2D eigenvalue weighted by molar-refractivity contribution is 8.04. The van der Waals surface area contributed by atoms with Gasteiger partial charge in [0.05, 0.1) is 0 Å². The standard InChI is InChI=1S/C99H172N5S6/c1-7-13-19-25-31-37-43-49-55-61-70-78-105-91-84-89(85-92(106-79-71-62-56-50-44-38-32-26-20-14-8-2)95(91)109-82-74-65-59-53-47-41-35-29-23-17-11-5)100-98-102-97(88-76-68-67-69-77-88)103-99(104-98)101-90-86-93(107-80-72-63-57-51-45-39-33-27-21-15-9-3)96(110-83-75-66-60-54-48-42-36-30-24-18-12-6)94(87-90)108-81-73-64-58-52-46-40-34-28-22-16-10-4/h68-69,76-77,84-87H,7-66,70-75,78-83H2,1-6H3,(H2,100,101,102,103,104). The van der Waals surface area contributed by atoms with Crippen LogP contribution < -0.4 is 10.6 Å². The summed E-state index contributed by atoms with van der Waals surface area (Å²) in [5.74, 6) is 8.82. The van der Waals surface area contributed by atoms with Gasteiger partial charge in [0.1, 0.15) is 0 Å². The summed E-state index contributed by atoms with van der Waals surface area (Å²) in [4.78, 5) is 24.8. The molecule has 0 saturated carbocycles. The molecule has 4 rings (SSSR count). The zero-order chi connectivity index (χ0) is 78.0. The van der Waals surface area contributed by atoms with E-state index in [1.165, 1.54) is 465 Å². The third-order valence-corrected chi connectivity index (χ3v) is 29.6. The molecule has 5 nitrogen and oxygen atoms in total. The Labute approximate surface area is 709 Å². The summed E-state index contributed by atoms with van der Waals surface area (Å²) in [5.41, 5.74) is 3.13. The molecule has 11 heteroatoms. The molecule has 0 spiro atoms. The summed E-state index contributed by atoms with van der Waals surface area (Å²) in [7, 11) is 0. The molecule has 0 bridgehead atoms. The Balaban J connectivity index is 1.70. The van der Waals surface area contributed by atoms with Crippen LogP contribution in [-0.2, 0) is 0 Å². The number of hydrogen-bond acceptors (Lipinski definition) is 11. The quantitative estimate of drug-likeness (QED) is 0.0328. The molecule has 2 N–H and O–H groups in total. The summed E-state index contributed by atoms with van der Waals surface area (Å²) in [6.45, 7) is 14.0. The fourth-order valence-corrected chi connectivity index (χ4v) is 22.6. The van der Waals surface area contributed by atoms with E-state index in [2.05, 4.69) is 165 Å². The number of unbranched alkanes of at least 4 members (excludes halogenated alkanes) is 60. The Morgan fingerprint density at radius 2 is 0.409 bits per heavy atom. The van der Waals surface area contributed by atoms with Crippen LogP contribution in [0, 0.1) is 6.07 Å². The van der Waals surface area contributed by atoms with Gasteiger partial charge in [-0.15, -0.1) is 70.6 Å². The fraction of sp³-hybridized carbons (Fsp3) is 0.788. The minimum Gasteiger partial charge on any atom is -0.324 e. The second-order valence-corrected chi connectivity index (χ2v) is 39.5. The molecular weight excluding hydrogens is 1450 g/mol. The van der Waals surface area contributed by atoms with E-state index in [0.717, 1.165) is 39.9 Å². The highest BCUT2D eigenvalue weighted by Gasteiger charge is 2.19. The molecule has 0 atom stereocenters. The molecule has 0 aliphatic rings. The first-order chi connectivity index (χ1) is 54.5. The van der Waals surface area contributed by atoms with E-state index in [-0.39, 0.29) is 0 Å². The zero-order valence-electron chi connectivity index (χ0n) is 72.8. The molecule has 0 fully saturated rings. The van der Waals surface area contributed by atoms with Gasteiger partial charge in [-0.1, -0.05) is 451 Å². The van der Waals surface area contributed by atoms with Crippen molar-refractivity contribution in [2.45, 2.75) is 495 Å². The van der Waals surface area contributed by atoms with Crippen LogP contribution in [-0.4, -0.2) is 49.5 Å². The van der Waals surface area contributed by atoms with Crippen LogP contribution in [0.3, 0.4) is 0 Å². The van der Waals surface area contributed by atoms with Crippen molar-refractivity contribution < 1.29 is 0 Å². The number of nitrogens with one attached hydrogen (secondary N) is 2. The second-order valence-electron chi connectivity index (χ2n) is 32.8. The lowest BCUT2D eigenvalue weighted by molar-refractivity contribution is 0.555. The topological polar surface area (TPSA) is 62.7 Å². The van der Waals surface area contributed by atoms with E-state index >= 15 is 0 Å². The monoisotopic (exact) mass is 1620 g/mol. The average Bonchev–Trinajstić information content (AvgIpc) is 0.800. The average molecular weight is 1620 g/mol. The molecule has 110 heavy (non-hydrogen) atoms. The summed E-state index contributed by atoms with van der Waals surface area (Å²) in [5, 5.41) is 7.84. The number of thioether (sulfide) groups is 6. The van der Waals surface area contributed by atoms with Crippen molar-refractivity contribution in [3.8, 4) is 11.4 Å². The first-order valence-corrected chi connectivity index (χ1v) is 53.8. The number of hydrogen-bond donors (Lipinski definition) is 2. The highest BCUT2D eigenvalue weighted by atomic mass is 32.2. The molecular formula is C99H172N5S6. The SMILES string of the molecule is CCCCCCCCCCCCCSc1cc(Nc2nc(Nc3cc(SCCCCCCCCCCCCC)c(SCCCCCCCCCCCCC)c(SCCCCCCCCCCCCC)c3)nc(-c3cc[c]cc3)n2)cc(SCCCCCCCCCCCCC)c1SCCCCCCCCCCCCC. The Bertz CT molecular complexity index is 2400. The van der Waals surface area contributed by atoms with E-state index < -0.39 is 0 Å². The number of nitrogens with zero attached hydrogens (tertiary/aromatic N) is 3. The van der Waals surface area contributed by atoms with Crippen LogP contribution >= 0.6 is 70.6 Å². The van der Waals surface area contributed by atoms with Crippen LogP contribution in [0.15, 0.2) is 77.9 Å². The van der Waals surface area contributed by atoms with Crippen LogP contribution in [0.1, 0.15) is 465 Å². The summed E-state index contributed by atoms with van der Waals surface area (Å²) in [6.07, 6.45) is 90.9. The Hall–Kier alpha value is -1.63. The molecule has 629 valence electrons. The van der Waals surface area contributed by atoms with Crippen LogP contribution in [0.5, 0.6) is 0 Å². The third-order valence-electron chi connectivity index (χ3n) is 22.2. The van der Waals surface area contributed by atoms with E-state index in [9.17, 15) is 0 Å². The van der Waals surface area contributed by atoms with Gasteiger partial charge in [-0.25, -0.2) is 0 Å². The van der Waals surface area contributed by atoms with Gasteiger partial charge in [0.2, 0.25) is 11.9 Å². The van der Waals surface area contributed by atoms with E-state index in [1.54, 1.807) is 0 Å². The molecule has 3 aromatic carbocycles. The minimum atomic E-state index is 0.589. The van der Waals surface area contributed by atoms with Crippen molar-refractivity contribution in [1.29, 1.82) is 0 Å². The lowest BCUT2D eigenvalue weighted by atomic mass is 10.1. The van der Waals surface area contributed by atoms with Crippen molar-refractivity contribution in [3.63, 3.8) is 0 Å². The molecule has 1 radical (unpaired) electrons. The summed E-state index contributed by atoms with van der Waals surface area (Å²) >= 11 is 12.8. The van der Waals surface area contributed by atoms with Crippen LogP contribution in [0.4, 0.5) is 23.3 Å². The molecule has 0 unspecified atom stereocenters. The Morgan fingerprint density at radius 3 is 0.609 bits per heavy atom. The second kappa shape index (κ2) is 76.1. The van der Waals surface area contributed by atoms with Gasteiger partial charge in [-0.05, 0) is 103 Å². The maximum absolute atomic E-state index is 5.39. The first kappa shape index (κ1) is 101. The van der Waals surface area contributed by atoms with Crippen LogP contribution in [0.25, 0.3) is 11.4 Å². The van der Waals surface area contributed by atoms with Gasteiger partial charge in [0.25, 0.3) is 0 Å². The summed E-state index contributed by atoms with van der Waals surface area (Å²) in [6, 6.07) is 21.4. The van der Waals surface area contributed by atoms with Gasteiger partial charge in [0.15, 0.2) is 5.82 Å². The first-order valence-electron chi connectivity index (χ1n) is 47.9. The Kier molecular flexibility index (Phi) is 69.7. The van der Waals surface area contributed by atoms with Gasteiger partial charge in [-0.3, -0.25) is 0 Å². The van der Waals surface area contributed by atoms with Crippen LogP contribution in [0.2, 0.25) is 0 Å². The number of aromatic nitrogens is 3. The molecule has 0 aliphatic carbocycles. The third kappa shape index (κ3) is 55.1. The van der Waals surface area contributed by atoms with Gasteiger partial charge >= 0.3 is 0 Å². The largest absolute Gasteiger partial charge is 0.324 e. The predicted octanol–water partition coefficient (Wildman–Crippen LogP) is 37.2. The van der Waals surface area contributed by atoms with Crippen molar-refractivity contribution in [2.24, 2.45) is 0 Å².